The molecule has 0 saturated heterocycles. The Labute approximate surface area is 180 Å². The van der Waals surface area contributed by atoms with Crippen LogP contribution >= 0.6 is 0 Å². The molecule has 1 N–H and O–H groups in total. The third kappa shape index (κ3) is 4.91. The van der Waals surface area contributed by atoms with Gasteiger partial charge in [-0.15, -0.1) is 0 Å². The molecule has 3 rings (SSSR count). The van der Waals surface area contributed by atoms with Crippen LogP contribution in [0.4, 0.5) is 5.82 Å². The van der Waals surface area contributed by atoms with E-state index in [1.165, 1.54) is 12.8 Å². The number of nitrogens with one attached hydrogen (secondary N) is 1. The van der Waals surface area contributed by atoms with Crippen molar-refractivity contribution < 1.29 is 13.2 Å². The first-order valence-corrected chi connectivity index (χ1v) is 12.6. The molecule has 0 bridgehead atoms. The zero-order valence-corrected chi connectivity index (χ0v) is 18.7. The highest BCUT2D eigenvalue weighted by atomic mass is 32.2. The minimum atomic E-state index is -3.27. The maximum atomic E-state index is 13.7. The molecular formula is C24H32N2O3S. The SMILES string of the molecule is CCCC(CC1CCCC1)(C(=O)Nc1ccccn1)c1ccc(S(=O)(=O)CC)cc1. The van der Waals surface area contributed by atoms with Crippen LogP contribution in [0, 0.1) is 5.92 Å². The van der Waals surface area contributed by atoms with Gasteiger partial charge in [0, 0.05) is 6.20 Å². The van der Waals surface area contributed by atoms with E-state index in [9.17, 15) is 13.2 Å². The van der Waals surface area contributed by atoms with Gasteiger partial charge in [-0.25, -0.2) is 13.4 Å². The van der Waals surface area contributed by atoms with E-state index in [0.717, 1.165) is 31.2 Å². The zero-order chi connectivity index (χ0) is 21.6. The molecule has 1 amide bonds. The van der Waals surface area contributed by atoms with Gasteiger partial charge >= 0.3 is 0 Å². The molecule has 1 heterocycles. The summed E-state index contributed by atoms with van der Waals surface area (Å²) >= 11 is 0. The molecule has 1 saturated carbocycles. The summed E-state index contributed by atoms with van der Waals surface area (Å²) in [6.07, 6.45) is 8.72. The number of hydrogen-bond donors (Lipinski definition) is 1. The molecule has 1 aliphatic rings. The molecule has 0 aliphatic heterocycles. The summed E-state index contributed by atoms with van der Waals surface area (Å²) < 4.78 is 24.5. The van der Waals surface area contributed by atoms with E-state index in [0.29, 0.717) is 23.1 Å². The second-order valence-electron chi connectivity index (χ2n) is 8.28. The number of nitrogens with zero attached hydrogens (tertiary/aromatic N) is 1. The van der Waals surface area contributed by atoms with Crippen LogP contribution in [0.25, 0.3) is 0 Å². The van der Waals surface area contributed by atoms with Crippen LogP contribution in [-0.2, 0) is 20.0 Å². The van der Waals surface area contributed by atoms with E-state index in [2.05, 4.69) is 17.2 Å². The number of carbonyl (C=O) groups excluding carboxylic acids is 1. The van der Waals surface area contributed by atoms with Crippen molar-refractivity contribution >= 4 is 21.6 Å². The fraction of sp³-hybridized carbons (Fsp3) is 0.500. The van der Waals surface area contributed by atoms with Crippen molar-refractivity contribution in [1.82, 2.24) is 4.98 Å². The van der Waals surface area contributed by atoms with Gasteiger partial charge in [0.05, 0.1) is 16.1 Å². The summed E-state index contributed by atoms with van der Waals surface area (Å²) in [5, 5.41) is 3.03. The minimum Gasteiger partial charge on any atom is -0.310 e. The van der Waals surface area contributed by atoms with Gasteiger partial charge in [-0.2, -0.15) is 0 Å². The quantitative estimate of drug-likeness (QED) is 0.600. The van der Waals surface area contributed by atoms with E-state index in [1.807, 2.05) is 24.3 Å². The van der Waals surface area contributed by atoms with Crippen molar-refractivity contribution in [2.24, 2.45) is 5.92 Å². The van der Waals surface area contributed by atoms with Crippen LogP contribution in [0.1, 0.15) is 64.4 Å². The fourth-order valence-corrected chi connectivity index (χ4v) is 5.54. The minimum absolute atomic E-state index is 0.0546. The predicted molar refractivity (Wildman–Crippen MR) is 120 cm³/mol. The van der Waals surface area contributed by atoms with E-state index >= 15 is 0 Å². The molecule has 1 aliphatic carbocycles. The largest absolute Gasteiger partial charge is 0.310 e. The Balaban J connectivity index is 2.01. The number of sulfone groups is 1. The summed E-state index contributed by atoms with van der Waals surface area (Å²) in [4.78, 5) is 18.3. The van der Waals surface area contributed by atoms with Crippen molar-refractivity contribution in [1.29, 1.82) is 0 Å². The van der Waals surface area contributed by atoms with Gasteiger partial charge < -0.3 is 5.32 Å². The number of aromatic nitrogens is 1. The molecule has 2 aromatic rings. The van der Waals surface area contributed by atoms with Gasteiger partial charge in [0.25, 0.3) is 0 Å². The highest BCUT2D eigenvalue weighted by molar-refractivity contribution is 7.91. The van der Waals surface area contributed by atoms with Crippen molar-refractivity contribution in [2.75, 3.05) is 11.1 Å². The van der Waals surface area contributed by atoms with Gasteiger partial charge in [0.2, 0.25) is 5.91 Å². The molecule has 0 radical (unpaired) electrons. The maximum absolute atomic E-state index is 13.7. The Morgan fingerprint density at radius 3 is 2.37 bits per heavy atom. The standard InChI is InChI=1S/C24H32N2O3S/c1-3-16-24(18-19-9-5-6-10-19,23(27)26-22-11-7-8-17-25-22)20-12-14-21(15-13-20)30(28,29)4-2/h7-8,11-15,17,19H,3-6,9-10,16,18H2,1-2H3,(H,25,26,27). The van der Waals surface area contributed by atoms with E-state index < -0.39 is 15.3 Å². The number of anilines is 1. The highest BCUT2D eigenvalue weighted by Gasteiger charge is 2.42. The third-order valence-electron chi connectivity index (χ3n) is 6.28. The third-order valence-corrected chi connectivity index (χ3v) is 8.03. The Morgan fingerprint density at radius 1 is 1.10 bits per heavy atom. The fourth-order valence-electron chi connectivity index (χ4n) is 4.66. The summed E-state index contributed by atoms with van der Waals surface area (Å²) in [6.45, 7) is 3.73. The van der Waals surface area contributed by atoms with Gasteiger partial charge in [0.15, 0.2) is 9.84 Å². The predicted octanol–water partition coefficient (Wildman–Crippen LogP) is 5.13. The van der Waals surface area contributed by atoms with Crippen molar-refractivity contribution in [3.05, 3.63) is 54.2 Å². The smallest absolute Gasteiger partial charge is 0.236 e. The first-order valence-electron chi connectivity index (χ1n) is 11.0. The number of carbonyl (C=O) groups is 1. The summed E-state index contributed by atoms with van der Waals surface area (Å²) in [6, 6.07) is 12.5. The normalized spacial score (nSPS) is 16.9. The molecule has 0 spiro atoms. The van der Waals surface area contributed by atoms with Crippen molar-refractivity contribution in [3.8, 4) is 0 Å². The summed E-state index contributed by atoms with van der Waals surface area (Å²) in [5.41, 5.74) is 0.190. The van der Waals surface area contributed by atoms with Crippen molar-refractivity contribution in [2.45, 2.75) is 69.1 Å². The van der Waals surface area contributed by atoms with Gasteiger partial charge in [0.1, 0.15) is 5.82 Å². The molecule has 1 aromatic carbocycles. The molecule has 6 heteroatoms. The molecule has 30 heavy (non-hydrogen) atoms. The Bertz CT molecular complexity index is 936. The van der Waals surface area contributed by atoms with E-state index in [-0.39, 0.29) is 11.7 Å². The summed E-state index contributed by atoms with van der Waals surface area (Å²) in [7, 11) is -3.27. The van der Waals surface area contributed by atoms with Crippen LogP contribution in [-0.4, -0.2) is 25.1 Å². The first-order chi connectivity index (χ1) is 14.4. The Hall–Kier alpha value is -2.21. The second kappa shape index (κ2) is 9.73. The van der Waals surface area contributed by atoms with E-state index in [1.54, 1.807) is 31.3 Å². The van der Waals surface area contributed by atoms with Crippen LogP contribution in [0.15, 0.2) is 53.6 Å². The number of amides is 1. The topological polar surface area (TPSA) is 76.1 Å². The molecule has 162 valence electrons. The van der Waals surface area contributed by atoms with Gasteiger partial charge in [-0.1, -0.05) is 64.2 Å². The summed E-state index contributed by atoms with van der Waals surface area (Å²) in [5.74, 6) is 1.06. The van der Waals surface area contributed by atoms with Crippen LogP contribution < -0.4 is 5.32 Å². The average Bonchev–Trinajstić information content (AvgIpc) is 3.27. The molecule has 5 nitrogen and oxygen atoms in total. The Morgan fingerprint density at radius 2 is 1.80 bits per heavy atom. The first kappa shape index (κ1) is 22.5. The van der Waals surface area contributed by atoms with Crippen LogP contribution in [0.5, 0.6) is 0 Å². The lowest BCUT2D eigenvalue weighted by molar-refractivity contribution is -0.122. The van der Waals surface area contributed by atoms with Crippen molar-refractivity contribution in [3.63, 3.8) is 0 Å². The molecule has 1 aromatic heterocycles. The number of rotatable bonds is 9. The number of hydrogen-bond acceptors (Lipinski definition) is 4. The lowest BCUT2D eigenvalue weighted by atomic mass is 9.69. The van der Waals surface area contributed by atoms with E-state index in [4.69, 9.17) is 0 Å². The molecule has 1 fully saturated rings. The average molecular weight is 429 g/mol. The highest BCUT2D eigenvalue weighted by Crippen LogP contribution is 2.42. The van der Waals surface area contributed by atoms with Crippen LogP contribution in [0.2, 0.25) is 0 Å². The lowest BCUT2D eigenvalue weighted by Crippen LogP contribution is -2.42. The van der Waals surface area contributed by atoms with Crippen LogP contribution in [0.3, 0.4) is 0 Å². The van der Waals surface area contributed by atoms with Gasteiger partial charge in [-0.3, -0.25) is 4.79 Å². The van der Waals surface area contributed by atoms with Gasteiger partial charge in [-0.05, 0) is 48.6 Å². The number of benzene rings is 1. The molecule has 1 unspecified atom stereocenters. The lowest BCUT2D eigenvalue weighted by Gasteiger charge is -2.35. The maximum Gasteiger partial charge on any atom is 0.236 e. The second-order valence-corrected chi connectivity index (χ2v) is 10.6. The zero-order valence-electron chi connectivity index (χ0n) is 17.9. The number of pyridine rings is 1. The molecular weight excluding hydrogens is 396 g/mol. The molecule has 1 atom stereocenters. The Kier molecular flexibility index (Phi) is 7.29. The monoisotopic (exact) mass is 428 g/mol.